The molecule has 0 fully saturated rings. The van der Waals surface area contributed by atoms with Crippen LogP contribution in [-0.4, -0.2) is 23.4 Å². The summed E-state index contributed by atoms with van der Waals surface area (Å²) in [5, 5.41) is 7.41. The van der Waals surface area contributed by atoms with E-state index in [2.05, 4.69) is 36.4 Å². The van der Waals surface area contributed by atoms with Gasteiger partial charge < -0.3 is 10.1 Å². The predicted octanol–water partition coefficient (Wildman–Crippen LogP) is 2.55. The molecule has 0 saturated carbocycles. The van der Waals surface area contributed by atoms with E-state index >= 15 is 0 Å². The molecule has 1 atom stereocenters. The second-order valence-electron chi connectivity index (χ2n) is 4.67. The van der Waals surface area contributed by atoms with Crippen LogP contribution in [0.3, 0.4) is 0 Å². The minimum absolute atomic E-state index is 0.277. The van der Waals surface area contributed by atoms with Gasteiger partial charge in [0, 0.05) is 24.0 Å². The van der Waals surface area contributed by atoms with Crippen LogP contribution < -0.4 is 10.1 Å². The number of nitrogens with zero attached hydrogens (tertiary/aromatic N) is 2. The van der Waals surface area contributed by atoms with Crippen molar-refractivity contribution in [3.63, 3.8) is 0 Å². The molecule has 0 radical (unpaired) electrons. The Balaban J connectivity index is 2.02. The van der Waals surface area contributed by atoms with E-state index in [1.165, 1.54) is 11.1 Å². The summed E-state index contributed by atoms with van der Waals surface area (Å²) >= 11 is 0. The van der Waals surface area contributed by atoms with E-state index in [1.54, 1.807) is 6.20 Å². The van der Waals surface area contributed by atoms with Crippen molar-refractivity contribution in [3.8, 4) is 5.75 Å². The first-order valence-electron chi connectivity index (χ1n) is 6.58. The molecule has 2 rings (SSSR count). The van der Waals surface area contributed by atoms with Crippen molar-refractivity contribution < 1.29 is 4.74 Å². The normalized spacial score (nSPS) is 12.4. The van der Waals surface area contributed by atoms with Crippen LogP contribution >= 0.6 is 0 Å². The van der Waals surface area contributed by atoms with Crippen LogP contribution in [-0.2, 0) is 6.54 Å². The summed E-state index contributed by atoms with van der Waals surface area (Å²) in [6.07, 6.45) is 3.72. The van der Waals surface area contributed by atoms with Crippen LogP contribution in [0.5, 0.6) is 5.75 Å². The number of benzene rings is 1. The van der Waals surface area contributed by atoms with Gasteiger partial charge in [-0.15, -0.1) is 0 Å². The van der Waals surface area contributed by atoms with E-state index in [1.807, 2.05) is 30.1 Å². The smallest absolute Gasteiger partial charge is 0.124 e. The lowest BCUT2D eigenvalue weighted by Gasteiger charge is -2.17. The van der Waals surface area contributed by atoms with Gasteiger partial charge >= 0.3 is 0 Å². The van der Waals surface area contributed by atoms with Crippen molar-refractivity contribution in [1.82, 2.24) is 15.1 Å². The van der Waals surface area contributed by atoms with E-state index in [4.69, 9.17) is 4.74 Å². The van der Waals surface area contributed by atoms with Gasteiger partial charge in [0.05, 0.1) is 6.54 Å². The Labute approximate surface area is 114 Å². The molecule has 19 heavy (non-hydrogen) atoms. The monoisotopic (exact) mass is 259 g/mol. The zero-order chi connectivity index (χ0) is 13.7. The van der Waals surface area contributed by atoms with Crippen LogP contribution in [0.15, 0.2) is 36.7 Å². The van der Waals surface area contributed by atoms with Crippen LogP contribution in [0, 0.1) is 6.92 Å². The molecule has 0 amide bonds. The third kappa shape index (κ3) is 3.58. The van der Waals surface area contributed by atoms with Gasteiger partial charge in [0.25, 0.3) is 0 Å². The van der Waals surface area contributed by atoms with Crippen LogP contribution in [0.4, 0.5) is 0 Å². The summed E-state index contributed by atoms with van der Waals surface area (Å²) in [5.41, 5.74) is 2.44. The van der Waals surface area contributed by atoms with Gasteiger partial charge in [0.2, 0.25) is 0 Å². The largest absolute Gasteiger partial charge is 0.491 e. The molecule has 0 aliphatic heterocycles. The highest BCUT2D eigenvalue weighted by atomic mass is 16.5. The van der Waals surface area contributed by atoms with Crippen molar-refractivity contribution in [2.75, 3.05) is 13.7 Å². The summed E-state index contributed by atoms with van der Waals surface area (Å²) in [4.78, 5) is 0. The molecule has 1 heterocycles. The maximum absolute atomic E-state index is 5.89. The number of nitrogens with one attached hydrogen (secondary N) is 1. The molecule has 4 heteroatoms. The molecule has 0 aliphatic rings. The maximum Gasteiger partial charge on any atom is 0.124 e. The summed E-state index contributed by atoms with van der Waals surface area (Å²) in [6.45, 7) is 5.61. The van der Waals surface area contributed by atoms with E-state index in [9.17, 15) is 0 Å². The van der Waals surface area contributed by atoms with Gasteiger partial charge in [-0.05, 0) is 33.0 Å². The fourth-order valence-electron chi connectivity index (χ4n) is 1.98. The van der Waals surface area contributed by atoms with Crippen LogP contribution in [0.1, 0.15) is 24.1 Å². The number of aryl methyl sites for hydroxylation is 1. The van der Waals surface area contributed by atoms with Gasteiger partial charge in [-0.1, -0.05) is 17.7 Å². The Morgan fingerprint density at radius 1 is 1.42 bits per heavy atom. The molecule has 4 nitrogen and oxygen atoms in total. The minimum Gasteiger partial charge on any atom is -0.491 e. The quantitative estimate of drug-likeness (QED) is 0.866. The molecule has 1 unspecified atom stereocenters. The van der Waals surface area contributed by atoms with Gasteiger partial charge in [-0.2, -0.15) is 5.10 Å². The van der Waals surface area contributed by atoms with Crippen LogP contribution in [0.25, 0.3) is 0 Å². The summed E-state index contributed by atoms with van der Waals surface area (Å²) in [5.74, 6) is 0.944. The molecule has 0 saturated heterocycles. The summed E-state index contributed by atoms with van der Waals surface area (Å²) in [7, 11) is 1.96. The molecule has 0 spiro atoms. The van der Waals surface area contributed by atoms with E-state index < -0.39 is 0 Å². The van der Waals surface area contributed by atoms with Crippen molar-refractivity contribution >= 4 is 0 Å². The second kappa shape index (κ2) is 6.38. The van der Waals surface area contributed by atoms with Gasteiger partial charge in [-0.3, -0.25) is 4.68 Å². The molecular formula is C15H21N3O. The van der Waals surface area contributed by atoms with E-state index in [-0.39, 0.29) is 6.04 Å². The third-order valence-electron chi connectivity index (χ3n) is 3.20. The molecule has 1 N–H and O–H groups in total. The Hall–Kier alpha value is -1.81. The van der Waals surface area contributed by atoms with Crippen molar-refractivity contribution in [2.45, 2.75) is 26.4 Å². The van der Waals surface area contributed by atoms with Gasteiger partial charge in [0.15, 0.2) is 0 Å². The van der Waals surface area contributed by atoms with E-state index in [0.717, 1.165) is 12.3 Å². The molecule has 2 aromatic rings. The standard InChI is InChI=1S/C15H21N3O/c1-12-5-6-15(14(11-12)13(2)16-3)19-10-9-18-8-4-7-17-18/h4-8,11,13,16H,9-10H2,1-3H3. The second-order valence-corrected chi connectivity index (χ2v) is 4.67. The Bertz CT molecular complexity index is 508. The maximum atomic E-state index is 5.89. The molecular weight excluding hydrogens is 238 g/mol. The molecule has 1 aromatic carbocycles. The third-order valence-corrected chi connectivity index (χ3v) is 3.20. The fourth-order valence-corrected chi connectivity index (χ4v) is 1.98. The zero-order valence-corrected chi connectivity index (χ0v) is 11.8. The first-order valence-corrected chi connectivity index (χ1v) is 6.58. The first-order chi connectivity index (χ1) is 9.20. The SMILES string of the molecule is CNC(C)c1cc(C)ccc1OCCn1cccn1. The molecule has 1 aromatic heterocycles. The van der Waals surface area contributed by atoms with Crippen molar-refractivity contribution in [1.29, 1.82) is 0 Å². The average molecular weight is 259 g/mol. The summed E-state index contributed by atoms with van der Waals surface area (Å²) < 4.78 is 7.76. The topological polar surface area (TPSA) is 39.1 Å². The fraction of sp³-hybridized carbons (Fsp3) is 0.400. The Morgan fingerprint density at radius 3 is 2.95 bits per heavy atom. The van der Waals surface area contributed by atoms with Crippen molar-refractivity contribution in [2.24, 2.45) is 0 Å². The zero-order valence-electron chi connectivity index (χ0n) is 11.8. The average Bonchev–Trinajstić information content (AvgIpc) is 2.92. The highest BCUT2D eigenvalue weighted by Gasteiger charge is 2.10. The number of aromatic nitrogens is 2. The van der Waals surface area contributed by atoms with Crippen LogP contribution in [0.2, 0.25) is 0 Å². The van der Waals surface area contributed by atoms with E-state index in [0.29, 0.717) is 6.61 Å². The predicted molar refractivity (Wildman–Crippen MR) is 76.4 cm³/mol. The van der Waals surface area contributed by atoms with Gasteiger partial charge in [-0.25, -0.2) is 0 Å². The highest BCUT2D eigenvalue weighted by molar-refractivity contribution is 5.38. The summed E-state index contributed by atoms with van der Waals surface area (Å²) in [6, 6.07) is 8.49. The lowest BCUT2D eigenvalue weighted by Crippen LogP contribution is -2.15. The lowest BCUT2D eigenvalue weighted by atomic mass is 10.0. The molecule has 102 valence electrons. The molecule has 0 bridgehead atoms. The van der Waals surface area contributed by atoms with Crippen molar-refractivity contribution in [3.05, 3.63) is 47.8 Å². The number of rotatable bonds is 6. The highest BCUT2D eigenvalue weighted by Crippen LogP contribution is 2.26. The number of ether oxygens (including phenoxy) is 1. The Morgan fingerprint density at radius 2 is 2.26 bits per heavy atom. The lowest BCUT2D eigenvalue weighted by molar-refractivity contribution is 0.286. The number of hydrogen-bond acceptors (Lipinski definition) is 3. The minimum atomic E-state index is 0.277. The Kier molecular flexibility index (Phi) is 4.58. The number of hydrogen-bond donors (Lipinski definition) is 1. The molecule has 0 aliphatic carbocycles. The van der Waals surface area contributed by atoms with Gasteiger partial charge in [0.1, 0.15) is 12.4 Å². The first kappa shape index (κ1) is 13.6.